The SMILES string of the molecule is COc1ccc(-c2nnc([C@H](C)OC(=O)c3ccccc3F)o2)cc1. The highest BCUT2D eigenvalue weighted by atomic mass is 19.1. The Morgan fingerprint density at radius 1 is 1.12 bits per heavy atom. The number of benzene rings is 2. The Morgan fingerprint density at radius 3 is 2.52 bits per heavy atom. The van der Waals surface area contributed by atoms with E-state index in [0.29, 0.717) is 11.3 Å². The summed E-state index contributed by atoms with van der Waals surface area (Å²) in [6, 6.07) is 12.7. The van der Waals surface area contributed by atoms with E-state index in [4.69, 9.17) is 13.9 Å². The predicted molar refractivity (Wildman–Crippen MR) is 86.5 cm³/mol. The fourth-order valence-electron chi connectivity index (χ4n) is 2.15. The smallest absolute Gasteiger partial charge is 0.341 e. The third kappa shape index (κ3) is 3.65. The van der Waals surface area contributed by atoms with Crippen molar-refractivity contribution in [3.8, 4) is 17.2 Å². The van der Waals surface area contributed by atoms with Crippen molar-refractivity contribution in [2.75, 3.05) is 7.11 Å². The van der Waals surface area contributed by atoms with E-state index in [0.717, 1.165) is 0 Å². The first-order valence-corrected chi connectivity index (χ1v) is 7.52. The van der Waals surface area contributed by atoms with Gasteiger partial charge in [-0.15, -0.1) is 10.2 Å². The minimum Gasteiger partial charge on any atom is -0.497 e. The summed E-state index contributed by atoms with van der Waals surface area (Å²) in [5, 5.41) is 7.82. The fraction of sp³-hybridized carbons (Fsp3) is 0.167. The van der Waals surface area contributed by atoms with Crippen molar-refractivity contribution < 1.29 is 23.1 Å². The van der Waals surface area contributed by atoms with Crippen LogP contribution in [-0.2, 0) is 4.74 Å². The van der Waals surface area contributed by atoms with Crippen LogP contribution in [0.1, 0.15) is 29.3 Å². The number of hydrogen-bond acceptors (Lipinski definition) is 6. The summed E-state index contributed by atoms with van der Waals surface area (Å²) >= 11 is 0. The van der Waals surface area contributed by atoms with Gasteiger partial charge in [-0.05, 0) is 43.3 Å². The van der Waals surface area contributed by atoms with Crippen LogP contribution in [0.15, 0.2) is 52.9 Å². The summed E-state index contributed by atoms with van der Waals surface area (Å²) in [7, 11) is 1.57. The molecule has 6 nitrogen and oxygen atoms in total. The lowest BCUT2D eigenvalue weighted by Crippen LogP contribution is -2.11. The van der Waals surface area contributed by atoms with Gasteiger partial charge in [0.05, 0.1) is 12.7 Å². The second-order valence-electron chi connectivity index (χ2n) is 5.20. The van der Waals surface area contributed by atoms with Crippen molar-refractivity contribution in [1.82, 2.24) is 10.2 Å². The minimum atomic E-state index is -0.813. The molecular weight excluding hydrogens is 327 g/mol. The highest BCUT2D eigenvalue weighted by molar-refractivity contribution is 5.89. The number of ether oxygens (including phenoxy) is 2. The zero-order valence-corrected chi connectivity index (χ0v) is 13.6. The number of hydrogen-bond donors (Lipinski definition) is 0. The lowest BCUT2D eigenvalue weighted by molar-refractivity contribution is 0.0274. The minimum absolute atomic E-state index is 0.121. The number of nitrogens with zero attached hydrogens (tertiary/aromatic N) is 2. The van der Waals surface area contributed by atoms with Crippen LogP contribution in [0.2, 0.25) is 0 Å². The quantitative estimate of drug-likeness (QED) is 0.657. The van der Waals surface area contributed by atoms with Crippen LogP contribution in [0.25, 0.3) is 11.5 Å². The standard InChI is InChI=1S/C18H15FN2O4/c1-11(24-18(22)14-5-3-4-6-15(14)19)16-20-21-17(25-16)12-7-9-13(23-2)10-8-12/h3-11H,1-2H3/t11-/m0/s1. The molecule has 1 atom stereocenters. The molecule has 0 bridgehead atoms. The van der Waals surface area contributed by atoms with Crippen LogP contribution in [0.4, 0.5) is 4.39 Å². The molecule has 0 spiro atoms. The Balaban J connectivity index is 1.73. The van der Waals surface area contributed by atoms with Crippen LogP contribution in [0.5, 0.6) is 5.75 Å². The maximum Gasteiger partial charge on any atom is 0.341 e. The van der Waals surface area contributed by atoms with Crippen LogP contribution >= 0.6 is 0 Å². The third-order valence-electron chi connectivity index (χ3n) is 3.50. The summed E-state index contributed by atoms with van der Waals surface area (Å²) in [5.41, 5.74) is 0.552. The molecule has 0 saturated heterocycles. The van der Waals surface area contributed by atoms with Gasteiger partial charge >= 0.3 is 5.97 Å². The van der Waals surface area contributed by atoms with E-state index in [-0.39, 0.29) is 17.3 Å². The molecule has 0 amide bonds. The van der Waals surface area contributed by atoms with Crippen LogP contribution in [0, 0.1) is 5.82 Å². The van der Waals surface area contributed by atoms with Gasteiger partial charge in [-0.25, -0.2) is 9.18 Å². The molecule has 128 valence electrons. The van der Waals surface area contributed by atoms with E-state index < -0.39 is 17.9 Å². The van der Waals surface area contributed by atoms with Crippen molar-refractivity contribution in [3.63, 3.8) is 0 Å². The zero-order valence-electron chi connectivity index (χ0n) is 13.6. The lowest BCUT2D eigenvalue weighted by atomic mass is 10.2. The summed E-state index contributed by atoms with van der Waals surface area (Å²) in [6.45, 7) is 1.57. The zero-order chi connectivity index (χ0) is 17.8. The summed E-state index contributed by atoms with van der Waals surface area (Å²) in [6.07, 6.45) is -0.813. The Morgan fingerprint density at radius 2 is 1.84 bits per heavy atom. The van der Waals surface area contributed by atoms with Crippen molar-refractivity contribution >= 4 is 5.97 Å². The largest absolute Gasteiger partial charge is 0.497 e. The van der Waals surface area contributed by atoms with E-state index in [2.05, 4.69) is 10.2 Å². The molecule has 0 N–H and O–H groups in total. The topological polar surface area (TPSA) is 74.5 Å². The van der Waals surface area contributed by atoms with Gasteiger partial charge in [0.1, 0.15) is 11.6 Å². The van der Waals surface area contributed by atoms with E-state index >= 15 is 0 Å². The van der Waals surface area contributed by atoms with Crippen LogP contribution in [-0.4, -0.2) is 23.3 Å². The highest BCUT2D eigenvalue weighted by Crippen LogP contribution is 2.25. The second-order valence-corrected chi connectivity index (χ2v) is 5.20. The molecule has 25 heavy (non-hydrogen) atoms. The molecule has 2 aromatic carbocycles. The molecule has 1 heterocycles. The second kappa shape index (κ2) is 7.12. The molecule has 0 saturated carbocycles. The Kier molecular flexibility index (Phi) is 4.74. The van der Waals surface area contributed by atoms with Crippen molar-refractivity contribution in [2.45, 2.75) is 13.0 Å². The van der Waals surface area contributed by atoms with Crippen molar-refractivity contribution in [2.24, 2.45) is 0 Å². The number of rotatable bonds is 5. The van der Waals surface area contributed by atoms with Gasteiger partial charge < -0.3 is 13.9 Å². The Bertz CT molecular complexity index is 877. The van der Waals surface area contributed by atoms with E-state index in [9.17, 15) is 9.18 Å². The van der Waals surface area contributed by atoms with Crippen LogP contribution in [0.3, 0.4) is 0 Å². The first kappa shape index (κ1) is 16.6. The summed E-state index contributed by atoms with van der Waals surface area (Å²) in [5.74, 6) is -0.337. The maximum absolute atomic E-state index is 13.6. The van der Waals surface area contributed by atoms with Gasteiger partial charge in [0, 0.05) is 5.56 Å². The molecule has 0 aliphatic carbocycles. The number of carbonyl (C=O) groups is 1. The monoisotopic (exact) mass is 342 g/mol. The summed E-state index contributed by atoms with van der Waals surface area (Å²) in [4.78, 5) is 12.0. The number of aromatic nitrogens is 2. The summed E-state index contributed by atoms with van der Waals surface area (Å²) < 4.78 is 29.4. The number of methoxy groups -OCH3 is 1. The van der Waals surface area contributed by atoms with Gasteiger partial charge in [0.25, 0.3) is 5.89 Å². The third-order valence-corrected chi connectivity index (χ3v) is 3.50. The molecule has 7 heteroatoms. The number of carbonyl (C=O) groups excluding carboxylic acids is 1. The number of esters is 1. The Labute approximate surface area is 143 Å². The molecule has 0 aliphatic rings. The number of halogens is 1. The first-order valence-electron chi connectivity index (χ1n) is 7.52. The average molecular weight is 342 g/mol. The molecule has 1 aromatic heterocycles. The normalized spacial score (nSPS) is 11.8. The molecule has 0 aliphatic heterocycles. The average Bonchev–Trinajstić information content (AvgIpc) is 3.12. The van der Waals surface area contributed by atoms with E-state index in [1.165, 1.54) is 18.2 Å². The molecular formula is C18H15FN2O4. The van der Waals surface area contributed by atoms with E-state index in [1.54, 1.807) is 44.4 Å². The van der Waals surface area contributed by atoms with E-state index in [1.807, 2.05) is 0 Å². The molecule has 0 unspecified atom stereocenters. The van der Waals surface area contributed by atoms with Gasteiger partial charge in [0.15, 0.2) is 6.10 Å². The van der Waals surface area contributed by atoms with Gasteiger partial charge in [-0.3, -0.25) is 0 Å². The Hall–Kier alpha value is -3.22. The van der Waals surface area contributed by atoms with Gasteiger partial charge in [0.2, 0.25) is 5.89 Å². The maximum atomic E-state index is 13.6. The predicted octanol–water partition coefficient (Wildman–Crippen LogP) is 3.80. The molecule has 3 aromatic rings. The van der Waals surface area contributed by atoms with Gasteiger partial charge in [-0.1, -0.05) is 12.1 Å². The highest BCUT2D eigenvalue weighted by Gasteiger charge is 2.21. The molecule has 0 fully saturated rings. The lowest BCUT2D eigenvalue weighted by Gasteiger charge is -2.09. The molecule has 0 radical (unpaired) electrons. The first-order chi connectivity index (χ1) is 12.1. The van der Waals surface area contributed by atoms with Gasteiger partial charge in [-0.2, -0.15) is 0 Å². The van der Waals surface area contributed by atoms with Crippen LogP contribution < -0.4 is 4.74 Å². The van der Waals surface area contributed by atoms with Crippen molar-refractivity contribution in [1.29, 1.82) is 0 Å². The van der Waals surface area contributed by atoms with Crippen molar-refractivity contribution in [3.05, 3.63) is 65.8 Å². The molecule has 3 rings (SSSR count). The fourth-order valence-corrected chi connectivity index (χ4v) is 2.15.